The molecule has 0 heterocycles. The van der Waals surface area contributed by atoms with Gasteiger partial charge in [0.2, 0.25) is 0 Å². The number of carboxylic acids is 1. The first-order chi connectivity index (χ1) is 11.1. The molecular formula is C14H13FN2O6S. The van der Waals surface area contributed by atoms with Crippen LogP contribution in [0.1, 0.15) is 15.9 Å². The molecular weight excluding hydrogens is 343 g/mol. The maximum Gasteiger partial charge on any atom is 0.394 e. The Bertz CT molecular complexity index is 813. The van der Waals surface area contributed by atoms with Crippen molar-refractivity contribution in [3.63, 3.8) is 0 Å². The van der Waals surface area contributed by atoms with Gasteiger partial charge in [0, 0.05) is 0 Å². The third kappa shape index (κ3) is 8.58. The lowest BCUT2D eigenvalue weighted by Crippen LogP contribution is -1.96. The van der Waals surface area contributed by atoms with E-state index in [1.54, 1.807) is 24.3 Å². The molecule has 0 unspecified atom stereocenters. The molecule has 0 fully saturated rings. The highest BCUT2D eigenvalue weighted by Gasteiger charge is 2.00. The summed E-state index contributed by atoms with van der Waals surface area (Å²) in [5, 5.41) is 12.7. The first-order valence-corrected chi connectivity index (χ1v) is 7.63. The number of halogens is 1. The molecule has 2 rings (SSSR count). The molecule has 0 radical (unpaired) electrons. The molecule has 0 saturated carbocycles. The molecule has 0 bridgehead atoms. The molecule has 0 aliphatic carbocycles. The number of hydrazone groups is 1. The Hall–Kier alpha value is -2.82. The maximum atomic E-state index is 12.9. The summed E-state index contributed by atoms with van der Waals surface area (Å²) in [7, 11) is -4.67. The number of hydrogen-bond donors (Lipinski definition) is 4. The van der Waals surface area contributed by atoms with Crippen molar-refractivity contribution in [3.8, 4) is 0 Å². The molecule has 128 valence electrons. The van der Waals surface area contributed by atoms with E-state index in [4.69, 9.17) is 22.6 Å². The minimum absolute atomic E-state index is 0.208. The monoisotopic (exact) mass is 356 g/mol. The minimum atomic E-state index is -4.67. The summed E-state index contributed by atoms with van der Waals surface area (Å²) < 4.78 is 44.5. The summed E-state index contributed by atoms with van der Waals surface area (Å²) in [6.07, 6.45) is 1.48. The van der Waals surface area contributed by atoms with Crippen LogP contribution in [0.2, 0.25) is 0 Å². The molecule has 4 N–H and O–H groups in total. The molecule has 0 saturated heterocycles. The number of carbonyl (C=O) groups is 1. The van der Waals surface area contributed by atoms with Gasteiger partial charge in [0.05, 0.1) is 17.5 Å². The van der Waals surface area contributed by atoms with Crippen molar-refractivity contribution in [3.05, 3.63) is 65.5 Å². The fourth-order valence-electron chi connectivity index (χ4n) is 1.46. The van der Waals surface area contributed by atoms with Crippen molar-refractivity contribution >= 4 is 28.3 Å². The summed E-state index contributed by atoms with van der Waals surface area (Å²) in [4.78, 5) is 10.7. The van der Waals surface area contributed by atoms with Gasteiger partial charge in [-0.3, -0.25) is 14.5 Å². The van der Waals surface area contributed by atoms with Gasteiger partial charge in [-0.2, -0.15) is 13.5 Å². The Balaban J connectivity index is 0.000000505. The van der Waals surface area contributed by atoms with Crippen LogP contribution in [0.4, 0.5) is 10.1 Å². The summed E-state index contributed by atoms with van der Waals surface area (Å²) >= 11 is 0. The number of nitrogens with zero attached hydrogens (tertiary/aromatic N) is 1. The molecule has 0 atom stereocenters. The zero-order valence-electron chi connectivity index (χ0n) is 12.0. The molecule has 8 nitrogen and oxygen atoms in total. The van der Waals surface area contributed by atoms with Crippen molar-refractivity contribution in [2.24, 2.45) is 5.10 Å². The quantitative estimate of drug-likeness (QED) is 0.375. The topological polar surface area (TPSA) is 136 Å². The average Bonchev–Trinajstić information content (AvgIpc) is 2.46. The molecule has 24 heavy (non-hydrogen) atoms. The van der Waals surface area contributed by atoms with Gasteiger partial charge < -0.3 is 5.11 Å². The largest absolute Gasteiger partial charge is 0.478 e. The fraction of sp³-hybridized carbons (Fsp3) is 0. The van der Waals surface area contributed by atoms with E-state index in [-0.39, 0.29) is 11.4 Å². The zero-order chi connectivity index (χ0) is 18.2. The Morgan fingerprint density at radius 3 is 2.21 bits per heavy atom. The first-order valence-electron chi connectivity index (χ1n) is 6.23. The molecule has 0 amide bonds. The number of nitrogens with one attached hydrogen (secondary N) is 1. The lowest BCUT2D eigenvalue weighted by molar-refractivity contribution is 0.0697. The molecule has 0 spiro atoms. The Morgan fingerprint density at radius 2 is 1.71 bits per heavy atom. The predicted octanol–water partition coefficient (Wildman–Crippen LogP) is 2.32. The van der Waals surface area contributed by atoms with Gasteiger partial charge in [-0.15, -0.1) is 0 Å². The SMILES string of the molecule is O=C(O)c1ccc(NN=Cc2cccc(F)c2)cc1.O=S(=O)(O)O. The van der Waals surface area contributed by atoms with Crippen molar-refractivity contribution in [1.82, 2.24) is 0 Å². The molecule has 2 aromatic rings. The normalized spacial score (nSPS) is 10.8. The van der Waals surface area contributed by atoms with Gasteiger partial charge in [0.25, 0.3) is 0 Å². The van der Waals surface area contributed by atoms with Crippen molar-refractivity contribution in [2.45, 2.75) is 0 Å². The lowest BCUT2D eigenvalue weighted by atomic mass is 10.2. The Labute approximate surface area is 136 Å². The maximum absolute atomic E-state index is 12.9. The van der Waals surface area contributed by atoms with E-state index in [0.29, 0.717) is 11.3 Å². The van der Waals surface area contributed by atoms with Crippen molar-refractivity contribution in [1.29, 1.82) is 0 Å². The Morgan fingerprint density at radius 1 is 1.12 bits per heavy atom. The van der Waals surface area contributed by atoms with Crippen molar-refractivity contribution in [2.75, 3.05) is 5.43 Å². The number of hydrogen-bond acceptors (Lipinski definition) is 5. The van der Waals surface area contributed by atoms with Crippen LogP contribution in [0.25, 0.3) is 0 Å². The molecule has 10 heteroatoms. The van der Waals surface area contributed by atoms with E-state index in [2.05, 4.69) is 10.5 Å². The van der Waals surface area contributed by atoms with Gasteiger partial charge in [-0.25, -0.2) is 9.18 Å². The second-order valence-electron chi connectivity index (χ2n) is 4.26. The van der Waals surface area contributed by atoms with Crippen LogP contribution < -0.4 is 5.43 Å². The van der Waals surface area contributed by atoms with E-state index in [9.17, 15) is 9.18 Å². The van der Waals surface area contributed by atoms with E-state index in [1.807, 2.05) is 0 Å². The molecule has 0 aromatic heterocycles. The van der Waals surface area contributed by atoms with Gasteiger partial charge >= 0.3 is 16.4 Å². The second-order valence-corrected chi connectivity index (χ2v) is 5.15. The zero-order valence-corrected chi connectivity index (χ0v) is 12.8. The Kier molecular flexibility index (Phi) is 6.98. The van der Waals surface area contributed by atoms with Crippen LogP contribution in [-0.4, -0.2) is 34.8 Å². The van der Waals surface area contributed by atoms with Gasteiger partial charge in [0.1, 0.15) is 5.82 Å². The van der Waals surface area contributed by atoms with E-state index in [1.165, 1.54) is 30.5 Å². The highest BCUT2D eigenvalue weighted by Crippen LogP contribution is 2.09. The van der Waals surface area contributed by atoms with Gasteiger partial charge in [-0.05, 0) is 42.0 Å². The minimum Gasteiger partial charge on any atom is -0.478 e. The van der Waals surface area contributed by atoms with Gasteiger partial charge in [0.15, 0.2) is 0 Å². The smallest absolute Gasteiger partial charge is 0.394 e. The number of benzene rings is 2. The van der Waals surface area contributed by atoms with Crippen LogP contribution in [0, 0.1) is 5.82 Å². The summed E-state index contributed by atoms with van der Waals surface area (Å²) in [6.45, 7) is 0. The average molecular weight is 356 g/mol. The van der Waals surface area contributed by atoms with Crippen LogP contribution in [0.15, 0.2) is 53.6 Å². The first kappa shape index (κ1) is 19.2. The number of aromatic carboxylic acids is 1. The molecule has 2 aromatic carbocycles. The number of carboxylic acid groups (broad SMARTS) is 1. The number of rotatable bonds is 4. The van der Waals surface area contributed by atoms with Crippen LogP contribution in [0.3, 0.4) is 0 Å². The highest BCUT2D eigenvalue weighted by molar-refractivity contribution is 7.79. The van der Waals surface area contributed by atoms with Crippen LogP contribution >= 0.6 is 0 Å². The van der Waals surface area contributed by atoms with Crippen molar-refractivity contribution < 1.29 is 31.8 Å². The predicted molar refractivity (Wildman–Crippen MR) is 85.2 cm³/mol. The fourth-order valence-corrected chi connectivity index (χ4v) is 1.46. The summed E-state index contributed by atoms with van der Waals surface area (Å²) in [5.41, 5.74) is 4.23. The number of anilines is 1. The second kappa shape index (κ2) is 8.72. The highest BCUT2D eigenvalue weighted by atomic mass is 32.3. The summed E-state index contributed by atoms with van der Waals surface area (Å²) in [6, 6.07) is 12.2. The van der Waals surface area contributed by atoms with E-state index < -0.39 is 16.4 Å². The third-order valence-corrected chi connectivity index (χ3v) is 2.39. The van der Waals surface area contributed by atoms with E-state index in [0.717, 1.165) is 0 Å². The standard InChI is InChI=1S/C14H11FN2O2.H2O4S/c15-12-3-1-2-10(8-12)9-16-17-13-6-4-11(5-7-13)14(18)19;1-5(2,3)4/h1-9,17H,(H,18,19);(H2,1,2,3,4). The van der Waals surface area contributed by atoms with Crippen LogP contribution in [0.5, 0.6) is 0 Å². The third-order valence-electron chi connectivity index (χ3n) is 2.39. The van der Waals surface area contributed by atoms with E-state index >= 15 is 0 Å². The van der Waals surface area contributed by atoms with Crippen LogP contribution in [-0.2, 0) is 10.4 Å². The molecule has 0 aliphatic rings. The van der Waals surface area contributed by atoms with Gasteiger partial charge in [-0.1, -0.05) is 12.1 Å². The summed E-state index contributed by atoms with van der Waals surface area (Å²) in [5.74, 6) is -1.30. The lowest BCUT2D eigenvalue weighted by Gasteiger charge is -2.00. The molecule has 0 aliphatic heterocycles.